The summed E-state index contributed by atoms with van der Waals surface area (Å²) in [5, 5.41) is 12.7. The smallest absolute Gasteiger partial charge is 0.307 e. The summed E-state index contributed by atoms with van der Waals surface area (Å²) < 4.78 is 0. The Hall–Kier alpha value is -1.32. The third-order valence-corrected chi connectivity index (χ3v) is 7.45. The number of hydrogen-bond donors (Lipinski definition) is 2. The number of amides is 1. The molecule has 0 saturated heterocycles. The number of carbonyl (C=O) groups is 2. The van der Waals surface area contributed by atoms with E-state index in [2.05, 4.69) is 12.2 Å². The standard InChI is InChI=1S/C20H29NO3/c1-12(20-9-13-6-14(10-20)8-15(7-13)11-20)21-18(22)16-4-2-3-5-17(16)19(23)24/h2-3,12-17H,4-11H2,1H3,(H,21,22)(H,23,24)/t12-,13?,14?,15?,16+,17+,20?/m1/s1. The summed E-state index contributed by atoms with van der Waals surface area (Å²) in [6.45, 7) is 2.17. The van der Waals surface area contributed by atoms with Gasteiger partial charge in [0.2, 0.25) is 5.91 Å². The molecule has 0 aromatic carbocycles. The molecule has 1 amide bonds. The van der Waals surface area contributed by atoms with Crippen molar-refractivity contribution < 1.29 is 14.7 Å². The van der Waals surface area contributed by atoms with Gasteiger partial charge < -0.3 is 10.4 Å². The van der Waals surface area contributed by atoms with E-state index in [-0.39, 0.29) is 17.4 Å². The molecule has 132 valence electrons. The molecule has 5 aliphatic carbocycles. The molecule has 0 aliphatic heterocycles. The zero-order valence-electron chi connectivity index (χ0n) is 14.5. The lowest BCUT2D eigenvalue weighted by Crippen LogP contribution is -2.57. The van der Waals surface area contributed by atoms with E-state index in [0.29, 0.717) is 12.8 Å². The monoisotopic (exact) mass is 331 g/mol. The highest BCUT2D eigenvalue weighted by Crippen LogP contribution is 2.61. The molecule has 2 N–H and O–H groups in total. The summed E-state index contributed by atoms with van der Waals surface area (Å²) in [5.74, 6) is 0.708. The fraction of sp³-hybridized carbons (Fsp3) is 0.800. The molecular weight excluding hydrogens is 302 g/mol. The molecule has 0 aromatic rings. The van der Waals surface area contributed by atoms with Crippen LogP contribution < -0.4 is 5.32 Å². The van der Waals surface area contributed by atoms with Gasteiger partial charge in [0.25, 0.3) is 0 Å². The maximum atomic E-state index is 12.8. The van der Waals surface area contributed by atoms with Crippen molar-refractivity contribution in [1.29, 1.82) is 0 Å². The van der Waals surface area contributed by atoms with Crippen LogP contribution in [0.15, 0.2) is 12.2 Å². The van der Waals surface area contributed by atoms with E-state index in [4.69, 9.17) is 0 Å². The summed E-state index contributed by atoms with van der Waals surface area (Å²) >= 11 is 0. The fourth-order valence-corrected chi connectivity index (χ4v) is 6.56. The maximum Gasteiger partial charge on any atom is 0.307 e. The van der Waals surface area contributed by atoms with Gasteiger partial charge in [0.15, 0.2) is 0 Å². The number of hydrogen-bond acceptors (Lipinski definition) is 2. The number of allylic oxidation sites excluding steroid dienone is 2. The van der Waals surface area contributed by atoms with Crippen LogP contribution in [0.2, 0.25) is 0 Å². The molecule has 0 heterocycles. The van der Waals surface area contributed by atoms with Crippen molar-refractivity contribution in [3.05, 3.63) is 12.2 Å². The third-order valence-electron chi connectivity index (χ3n) is 7.45. The highest BCUT2D eigenvalue weighted by Gasteiger charge is 2.53. The van der Waals surface area contributed by atoms with Crippen molar-refractivity contribution in [1.82, 2.24) is 5.32 Å². The van der Waals surface area contributed by atoms with Crippen LogP contribution >= 0.6 is 0 Å². The van der Waals surface area contributed by atoms with Crippen LogP contribution in [0.25, 0.3) is 0 Å². The number of carboxylic acids is 1. The van der Waals surface area contributed by atoms with Gasteiger partial charge in [-0.3, -0.25) is 9.59 Å². The average molecular weight is 331 g/mol. The molecule has 4 fully saturated rings. The van der Waals surface area contributed by atoms with E-state index in [1.807, 2.05) is 12.2 Å². The third kappa shape index (κ3) is 2.68. The first-order chi connectivity index (χ1) is 11.5. The van der Waals surface area contributed by atoms with Gasteiger partial charge >= 0.3 is 5.97 Å². The Labute approximate surface area is 144 Å². The number of carbonyl (C=O) groups excluding carboxylic acids is 1. The molecule has 0 aromatic heterocycles. The van der Waals surface area contributed by atoms with Crippen molar-refractivity contribution >= 4 is 11.9 Å². The minimum atomic E-state index is -0.845. The van der Waals surface area contributed by atoms with Crippen LogP contribution in [0.5, 0.6) is 0 Å². The largest absolute Gasteiger partial charge is 0.481 e. The first-order valence-corrected chi connectivity index (χ1v) is 9.65. The fourth-order valence-electron chi connectivity index (χ4n) is 6.56. The molecule has 24 heavy (non-hydrogen) atoms. The van der Waals surface area contributed by atoms with E-state index < -0.39 is 17.8 Å². The number of nitrogens with one attached hydrogen (secondary N) is 1. The molecule has 5 aliphatic rings. The number of aliphatic carboxylic acids is 1. The summed E-state index contributed by atoms with van der Waals surface area (Å²) in [5.41, 5.74) is 0.271. The van der Waals surface area contributed by atoms with Crippen LogP contribution in [-0.2, 0) is 9.59 Å². The topological polar surface area (TPSA) is 66.4 Å². The molecule has 3 atom stereocenters. The van der Waals surface area contributed by atoms with E-state index >= 15 is 0 Å². The van der Waals surface area contributed by atoms with Crippen LogP contribution in [0.4, 0.5) is 0 Å². The molecule has 5 rings (SSSR count). The Morgan fingerprint density at radius 2 is 1.50 bits per heavy atom. The molecular formula is C20H29NO3. The summed E-state index contributed by atoms with van der Waals surface area (Å²) in [6.07, 6.45) is 12.8. The zero-order chi connectivity index (χ0) is 16.9. The number of rotatable bonds is 4. The van der Waals surface area contributed by atoms with Crippen molar-refractivity contribution in [3.8, 4) is 0 Å². The molecule has 0 spiro atoms. The quantitative estimate of drug-likeness (QED) is 0.776. The Balaban J connectivity index is 1.46. The second-order valence-electron chi connectivity index (χ2n) is 9.00. The van der Waals surface area contributed by atoms with E-state index in [1.54, 1.807) is 0 Å². The van der Waals surface area contributed by atoms with Gasteiger partial charge in [0.05, 0.1) is 11.8 Å². The predicted molar refractivity (Wildman–Crippen MR) is 91.2 cm³/mol. The van der Waals surface area contributed by atoms with Crippen LogP contribution in [0, 0.1) is 35.0 Å². The summed E-state index contributed by atoms with van der Waals surface area (Å²) in [7, 11) is 0. The van der Waals surface area contributed by atoms with Gasteiger partial charge in [-0.15, -0.1) is 0 Å². The first-order valence-electron chi connectivity index (χ1n) is 9.65. The minimum Gasteiger partial charge on any atom is -0.481 e. The second kappa shape index (κ2) is 5.89. The van der Waals surface area contributed by atoms with Gasteiger partial charge in [0.1, 0.15) is 0 Å². The first kappa shape index (κ1) is 16.2. The van der Waals surface area contributed by atoms with Gasteiger partial charge in [-0.05, 0) is 81.5 Å². The van der Waals surface area contributed by atoms with Crippen molar-refractivity contribution in [3.63, 3.8) is 0 Å². The predicted octanol–water partition coefficient (Wildman–Crippen LogP) is 3.37. The number of carboxylic acid groups (broad SMARTS) is 1. The highest BCUT2D eigenvalue weighted by molar-refractivity contribution is 5.85. The van der Waals surface area contributed by atoms with E-state index in [0.717, 1.165) is 17.8 Å². The van der Waals surface area contributed by atoms with E-state index in [9.17, 15) is 14.7 Å². The van der Waals surface area contributed by atoms with E-state index in [1.165, 1.54) is 38.5 Å². The SMILES string of the molecule is C[C@@H](NC(=O)[C@H]1CC=CC[C@@H]1C(=O)O)C12CC3CC(CC(C3)C1)C2. The van der Waals surface area contributed by atoms with Crippen LogP contribution in [0.3, 0.4) is 0 Å². The molecule has 4 saturated carbocycles. The van der Waals surface area contributed by atoms with Gasteiger partial charge in [-0.1, -0.05) is 12.2 Å². The van der Waals surface area contributed by atoms with Crippen molar-refractivity contribution in [2.75, 3.05) is 0 Å². The Morgan fingerprint density at radius 1 is 1.00 bits per heavy atom. The lowest BCUT2D eigenvalue weighted by atomic mass is 9.48. The summed E-state index contributed by atoms with van der Waals surface area (Å²) in [4.78, 5) is 24.3. The lowest BCUT2D eigenvalue weighted by molar-refractivity contribution is -0.148. The average Bonchev–Trinajstić information content (AvgIpc) is 2.53. The molecule has 0 unspecified atom stereocenters. The minimum absolute atomic E-state index is 0.0463. The molecule has 4 bridgehead atoms. The maximum absolute atomic E-state index is 12.8. The zero-order valence-corrected chi connectivity index (χ0v) is 14.5. The molecule has 4 heteroatoms. The van der Waals surface area contributed by atoms with Crippen LogP contribution in [-0.4, -0.2) is 23.0 Å². The normalized spacial score (nSPS) is 44.3. The van der Waals surface area contributed by atoms with Gasteiger partial charge in [-0.2, -0.15) is 0 Å². The Kier molecular flexibility index (Phi) is 3.97. The van der Waals surface area contributed by atoms with Crippen molar-refractivity contribution in [2.24, 2.45) is 35.0 Å². The summed E-state index contributed by atoms with van der Waals surface area (Å²) in [6, 6.07) is 0.166. The highest BCUT2D eigenvalue weighted by atomic mass is 16.4. The van der Waals surface area contributed by atoms with Gasteiger partial charge in [-0.25, -0.2) is 0 Å². The molecule has 4 nitrogen and oxygen atoms in total. The van der Waals surface area contributed by atoms with Crippen molar-refractivity contribution in [2.45, 2.75) is 64.3 Å². The Morgan fingerprint density at radius 3 is 2.00 bits per heavy atom. The lowest BCUT2D eigenvalue weighted by Gasteiger charge is -2.59. The van der Waals surface area contributed by atoms with Gasteiger partial charge in [0, 0.05) is 6.04 Å². The second-order valence-corrected chi connectivity index (χ2v) is 9.00. The molecule has 0 radical (unpaired) electrons. The van der Waals surface area contributed by atoms with Crippen LogP contribution in [0.1, 0.15) is 58.3 Å². The Bertz CT molecular complexity index is 532.